The molecular weight excluding hydrogens is 300 g/mol. The van der Waals surface area contributed by atoms with Gasteiger partial charge in [-0.05, 0) is 23.3 Å². The fraction of sp³-hybridized carbons (Fsp3) is 0.368. The number of rotatable bonds is 5. The Hall–Kier alpha value is -2.42. The molecule has 0 aliphatic carbocycles. The van der Waals surface area contributed by atoms with Gasteiger partial charge in [-0.3, -0.25) is 9.80 Å². The normalized spacial score (nSPS) is 15.8. The zero-order valence-corrected chi connectivity index (χ0v) is 14.0. The molecule has 0 radical (unpaired) electrons. The van der Waals surface area contributed by atoms with Gasteiger partial charge in [0.15, 0.2) is 0 Å². The third-order valence-electron chi connectivity index (χ3n) is 4.37. The topological polar surface area (TPSA) is 52.4 Å². The lowest BCUT2D eigenvalue weighted by molar-refractivity contribution is 0.122. The molecule has 1 saturated heterocycles. The van der Waals surface area contributed by atoms with Crippen molar-refractivity contribution in [3.8, 4) is 11.9 Å². The Balaban J connectivity index is 1.47. The Bertz CT molecular complexity index is 683. The largest absolute Gasteiger partial charge is 0.481 e. The van der Waals surface area contributed by atoms with E-state index in [1.165, 1.54) is 11.1 Å². The van der Waals surface area contributed by atoms with Gasteiger partial charge in [-0.1, -0.05) is 18.2 Å². The molecule has 0 saturated carbocycles. The van der Waals surface area contributed by atoms with E-state index >= 15 is 0 Å². The average molecular weight is 322 g/mol. The number of piperazine rings is 1. The second-order valence-electron chi connectivity index (χ2n) is 6.07. The van der Waals surface area contributed by atoms with Crippen LogP contribution in [0.15, 0.2) is 42.6 Å². The highest BCUT2D eigenvalue weighted by Crippen LogP contribution is 2.13. The van der Waals surface area contributed by atoms with Crippen molar-refractivity contribution in [1.29, 1.82) is 5.26 Å². The molecular formula is C19H22N4O. The lowest BCUT2D eigenvalue weighted by Crippen LogP contribution is -2.45. The number of methoxy groups -OCH3 is 1. The van der Waals surface area contributed by atoms with E-state index in [1.807, 2.05) is 36.5 Å². The molecule has 0 atom stereocenters. The maximum Gasteiger partial charge on any atom is 0.212 e. The lowest BCUT2D eigenvalue weighted by atomic mass is 10.1. The van der Waals surface area contributed by atoms with Gasteiger partial charge < -0.3 is 4.74 Å². The molecule has 5 nitrogen and oxygen atoms in total. The minimum absolute atomic E-state index is 0.658. The summed E-state index contributed by atoms with van der Waals surface area (Å²) in [6.07, 6.45) is 1.89. The summed E-state index contributed by atoms with van der Waals surface area (Å²) in [5.41, 5.74) is 3.20. The monoisotopic (exact) mass is 322 g/mol. The fourth-order valence-electron chi connectivity index (χ4n) is 2.93. The molecule has 124 valence electrons. The maximum atomic E-state index is 8.85. The van der Waals surface area contributed by atoms with Crippen LogP contribution in [0, 0.1) is 11.3 Å². The first-order chi connectivity index (χ1) is 11.8. The lowest BCUT2D eigenvalue weighted by Gasteiger charge is -2.34. The van der Waals surface area contributed by atoms with Gasteiger partial charge in [0.1, 0.15) is 0 Å². The van der Waals surface area contributed by atoms with Crippen LogP contribution in [-0.4, -0.2) is 48.1 Å². The van der Waals surface area contributed by atoms with Crippen LogP contribution in [-0.2, 0) is 13.1 Å². The van der Waals surface area contributed by atoms with Crippen molar-refractivity contribution in [3.63, 3.8) is 0 Å². The SMILES string of the molecule is COc1ccc(CN2CCN(Cc3ccc(C#N)cc3)CC2)cn1. The molecule has 2 heterocycles. The highest BCUT2D eigenvalue weighted by atomic mass is 16.5. The van der Waals surface area contributed by atoms with Crippen LogP contribution in [0.3, 0.4) is 0 Å². The van der Waals surface area contributed by atoms with Crippen LogP contribution in [0.4, 0.5) is 0 Å². The molecule has 0 unspecified atom stereocenters. The Kier molecular flexibility index (Phi) is 5.42. The van der Waals surface area contributed by atoms with Gasteiger partial charge in [-0.2, -0.15) is 5.26 Å². The van der Waals surface area contributed by atoms with Crippen LogP contribution >= 0.6 is 0 Å². The molecule has 0 N–H and O–H groups in total. The number of benzene rings is 1. The summed E-state index contributed by atoms with van der Waals surface area (Å²) < 4.78 is 5.10. The van der Waals surface area contributed by atoms with Crippen molar-refractivity contribution >= 4 is 0 Å². The number of nitriles is 1. The molecule has 2 aromatic rings. The standard InChI is InChI=1S/C19H22N4O/c1-24-19-7-6-18(13-21-19)15-23-10-8-22(9-11-23)14-17-4-2-16(12-20)3-5-17/h2-7,13H,8-11,14-15H2,1H3. The van der Waals surface area contributed by atoms with Crippen molar-refractivity contribution in [2.75, 3.05) is 33.3 Å². The van der Waals surface area contributed by atoms with Crippen molar-refractivity contribution in [2.45, 2.75) is 13.1 Å². The van der Waals surface area contributed by atoms with Crippen molar-refractivity contribution in [2.24, 2.45) is 0 Å². The molecule has 1 aliphatic heterocycles. The van der Waals surface area contributed by atoms with Crippen LogP contribution in [0.5, 0.6) is 5.88 Å². The molecule has 0 spiro atoms. The van der Waals surface area contributed by atoms with E-state index < -0.39 is 0 Å². The zero-order valence-electron chi connectivity index (χ0n) is 14.0. The summed E-state index contributed by atoms with van der Waals surface area (Å²) in [6.45, 7) is 6.11. The van der Waals surface area contributed by atoms with Crippen molar-refractivity contribution < 1.29 is 4.74 Å². The number of hydrogen-bond donors (Lipinski definition) is 0. The highest BCUT2D eigenvalue weighted by Gasteiger charge is 2.17. The van der Waals surface area contributed by atoms with E-state index in [0.29, 0.717) is 5.88 Å². The average Bonchev–Trinajstić information content (AvgIpc) is 2.65. The molecule has 1 aliphatic rings. The van der Waals surface area contributed by atoms with E-state index in [1.54, 1.807) is 7.11 Å². The van der Waals surface area contributed by atoms with Crippen LogP contribution in [0.2, 0.25) is 0 Å². The molecule has 1 aromatic carbocycles. The summed E-state index contributed by atoms with van der Waals surface area (Å²) in [6, 6.07) is 14.0. The Morgan fingerprint density at radius 2 is 1.54 bits per heavy atom. The van der Waals surface area contributed by atoms with E-state index in [2.05, 4.69) is 26.9 Å². The summed E-state index contributed by atoms with van der Waals surface area (Å²) >= 11 is 0. The second kappa shape index (κ2) is 7.91. The van der Waals surface area contributed by atoms with E-state index in [9.17, 15) is 0 Å². The van der Waals surface area contributed by atoms with Crippen LogP contribution in [0.25, 0.3) is 0 Å². The number of pyridine rings is 1. The maximum absolute atomic E-state index is 8.85. The van der Waals surface area contributed by atoms with Gasteiger partial charge in [-0.15, -0.1) is 0 Å². The van der Waals surface area contributed by atoms with Gasteiger partial charge in [-0.25, -0.2) is 4.98 Å². The molecule has 1 fully saturated rings. The van der Waals surface area contributed by atoms with Gasteiger partial charge in [0, 0.05) is 51.5 Å². The molecule has 0 amide bonds. The Morgan fingerprint density at radius 1 is 0.958 bits per heavy atom. The number of aromatic nitrogens is 1. The predicted molar refractivity (Wildman–Crippen MR) is 92.5 cm³/mol. The van der Waals surface area contributed by atoms with Gasteiger partial charge in [0.25, 0.3) is 0 Å². The fourth-order valence-corrected chi connectivity index (χ4v) is 2.93. The molecule has 5 heteroatoms. The first-order valence-corrected chi connectivity index (χ1v) is 8.19. The van der Waals surface area contributed by atoms with E-state index in [-0.39, 0.29) is 0 Å². The first-order valence-electron chi connectivity index (χ1n) is 8.19. The number of ether oxygens (including phenoxy) is 1. The van der Waals surface area contributed by atoms with Crippen LogP contribution in [0.1, 0.15) is 16.7 Å². The number of nitrogens with zero attached hydrogens (tertiary/aromatic N) is 4. The van der Waals surface area contributed by atoms with Crippen molar-refractivity contribution in [1.82, 2.24) is 14.8 Å². The summed E-state index contributed by atoms with van der Waals surface area (Å²) in [4.78, 5) is 9.18. The minimum Gasteiger partial charge on any atom is -0.481 e. The zero-order chi connectivity index (χ0) is 16.8. The summed E-state index contributed by atoms with van der Waals surface area (Å²) in [5, 5.41) is 8.85. The second-order valence-corrected chi connectivity index (χ2v) is 6.07. The Morgan fingerprint density at radius 3 is 2.04 bits per heavy atom. The third kappa shape index (κ3) is 4.31. The quantitative estimate of drug-likeness (QED) is 0.845. The third-order valence-corrected chi connectivity index (χ3v) is 4.37. The highest BCUT2D eigenvalue weighted by molar-refractivity contribution is 5.31. The van der Waals surface area contributed by atoms with Crippen LogP contribution < -0.4 is 4.74 Å². The Labute approximate surface area is 143 Å². The minimum atomic E-state index is 0.658. The van der Waals surface area contributed by atoms with Gasteiger partial charge in [0.05, 0.1) is 18.7 Å². The molecule has 3 rings (SSSR count). The predicted octanol–water partition coefficient (Wildman–Crippen LogP) is 2.28. The van der Waals surface area contributed by atoms with Gasteiger partial charge in [0.2, 0.25) is 5.88 Å². The summed E-state index contributed by atoms with van der Waals surface area (Å²) in [5.74, 6) is 0.658. The summed E-state index contributed by atoms with van der Waals surface area (Å²) in [7, 11) is 1.63. The van der Waals surface area contributed by atoms with Gasteiger partial charge >= 0.3 is 0 Å². The van der Waals surface area contributed by atoms with E-state index in [0.717, 1.165) is 44.8 Å². The molecule has 24 heavy (non-hydrogen) atoms. The van der Waals surface area contributed by atoms with E-state index in [4.69, 9.17) is 10.00 Å². The number of hydrogen-bond acceptors (Lipinski definition) is 5. The molecule has 0 bridgehead atoms. The smallest absolute Gasteiger partial charge is 0.212 e. The first kappa shape index (κ1) is 16.4. The van der Waals surface area contributed by atoms with Crippen molar-refractivity contribution in [3.05, 3.63) is 59.3 Å². The molecule has 1 aromatic heterocycles.